The van der Waals surface area contributed by atoms with E-state index in [0.717, 1.165) is 53.1 Å². The minimum absolute atomic E-state index is 0.0332. The number of para-hydroxylation sites is 1. The lowest BCUT2D eigenvalue weighted by Crippen LogP contribution is -2.48. The van der Waals surface area contributed by atoms with Crippen LogP contribution in [0.15, 0.2) is 51.7 Å². The van der Waals surface area contributed by atoms with Gasteiger partial charge in [-0.3, -0.25) is 14.2 Å². The highest BCUT2D eigenvalue weighted by atomic mass is 79.9. The van der Waals surface area contributed by atoms with Crippen LogP contribution in [0.3, 0.4) is 0 Å². The molecule has 0 radical (unpaired) electrons. The van der Waals surface area contributed by atoms with E-state index in [0.29, 0.717) is 4.88 Å². The third-order valence-corrected chi connectivity index (χ3v) is 7.26. The summed E-state index contributed by atoms with van der Waals surface area (Å²) in [5.74, 6) is 0.0332. The van der Waals surface area contributed by atoms with Crippen LogP contribution < -0.4 is 5.56 Å². The summed E-state index contributed by atoms with van der Waals surface area (Å²) in [6.07, 6.45) is 0. The first-order chi connectivity index (χ1) is 13.1. The van der Waals surface area contributed by atoms with Gasteiger partial charge in [-0.05, 0) is 40.7 Å². The summed E-state index contributed by atoms with van der Waals surface area (Å²) in [6.45, 7) is 6.43. The average molecular weight is 446 g/mol. The molecule has 1 aromatic carbocycles. The van der Waals surface area contributed by atoms with Gasteiger partial charge in [0.05, 0.1) is 10.2 Å². The van der Waals surface area contributed by atoms with Gasteiger partial charge in [0.15, 0.2) is 0 Å². The van der Waals surface area contributed by atoms with Crippen LogP contribution >= 0.6 is 27.3 Å². The molecule has 1 aliphatic heterocycles. The van der Waals surface area contributed by atoms with Crippen LogP contribution in [0.2, 0.25) is 0 Å². The number of carbonyl (C=O) groups is 1. The van der Waals surface area contributed by atoms with Gasteiger partial charge in [0.25, 0.3) is 11.5 Å². The Balaban J connectivity index is 1.76. The predicted molar refractivity (Wildman–Crippen MR) is 113 cm³/mol. The van der Waals surface area contributed by atoms with E-state index >= 15 is 0 Å². The maximum Gasteiger partial charge on any atom is 0.265 e. The van der Waals surface area contributed by atoms with Crippen molar-refractivity contribution in [1.82, 2.24) is 14.4 Å². The molecular formula is C20H20BrN3O2S. The summed E-state index contributed by atoms with van der Waals surface area (Å²) in [5, 5.41) is 0.888. The molecule has 2 aromatic heterocycles. The first-order valence-corrected chi connectivity index (χ1v) is 10.6. The van der Waals surface area contributed by atoms with Gasteiger partial charge in [0.1, 0.15) is 9.71 Å². The zero-order valence-electron chi connectivity index (χ0n) is 15.0. The van der Waals surface area contributed by atoms with Gasteiger partial charge in [0.2, 0.25) is 0 Å². The molecule has 3 aromatic rings. The van der Waals surface area contributed by atoms with E-state index in [1.165, 1.54) is 11.3 Å². The van der Waals surface area contributed by atoms with Crippen molar-refractivity contribution in [2.45, 2.75) is 6.92 Å². The van der Waals surface area contributed by atoms with Crippen LogP contribution in [0.1, 0.15) is 16.6 Å². The number of benzene rings is 1. The highest BCUT2D eigenvalue weighted by Gasteiger charge is 2.26. The lowest BCUT2D eigenvalue weighted by atomic mass is 10.2. The van der Waals surface area contributed by atoms with E-state index in [9.17, 15) is 9.59 Å². The highest BCUT2D eigenvalue weighted by Crippen LogP contribution is 2.36. The molecule has 1 fully saturated rings. The number of likely N-dealkylation sites (N-methyl/N-ethyl adjacent to an activating group) is 1. The standard InChI is InChI=1S/C20H20BrN3O2S/c1-2-22-10-12-23(13-11-22)19(26)18-17(21)15-8-9-16(25)24(20(15)27-18)14-6-4-3-5-7-14/h3-9H,2,10-13H2,1H3. The zero-order valence-corrected chi connectivity index (χ0v) is 17.4. The minimum Gasteiger partial charge on any atom is -0.335 e. The smallest absolute Gasteiger partial charge is 0.265 e. The predicted octanol–water partition coefficient (Wildman–Crippen LogP) is 3.59. The second-order valence-corrected chi connectivity index (χ2v) is 8.33. The number of carbonyl (C=O) groups excluding carboxylic acids is 1. The van der Waals surface area contributed by atoms with Gasteiger partial charge < -0.3 is 9.80 Å². The Bertz CT molecular complexity index is 1040. The Hall–Kier alpha value is -1.96. The number of halogens is 1. The van der Waals surface area contributed by atoms with Gasteiger partial charge in [-0.2, -0.15) is 0 Å². The molecule has 4 rings (SSSR count). The zero-order chi connectivity index (χ0) is 19.0. The third-order valence-electron chi connectivity index (χ3n) is 5.00. The Labute approximate surface area is 169 Å². The van der Waals surface area contributed by atoms with Gasteiger partial charge in [-0.25, -0.2) is 0 Å². The molecule has 0 N–H and O–H groups in total. The van der Waals surface area contributed by atoms with E-state index in [4.69, 9.17) is 0 Å². The number of fused-ring (bicyclic) bond motifs is 1. The molecule has 3 heterocycles. The van der Waals surface area contributed by atoms with Crippen molar-refractivity contribution in [2.24, 2.45) is 0 Å². The van der Waals surface area contributed by atoms with Crippen molar-refractivity contribution < 1.29 is 4.79 Å². The maximum absolute atomic E-state index is 13.1. The van der Waals surface area contributed by atoms with E-state index in [2.05, 4.69) is 27.8 Å². The fourth-order valence-electron chi connectivity index (χ4n) is 3.42. The quantitative estimate of drug-likeness (QED) is 0.618. The molecule has 0 unspecified atom stereocenters. The summed E-state index contributed by atoms with van der Waals surface area (Å²) in [6, 6.07) is 12.9. The number of pyridine rings is 1. The van der Waals surface area contributed by atoms with E-state index in [1.807, 2.05) is 35.2 Å². The summed E-state index contributed by atoms with van der Waals surface area (Å²) in [7, 11) is 0. The highest BCUT2D eigenvalue weighted by molar-refractivity contribution is 9.10. The Morgan fingerprint density at radius 2 is 1.78 bits per heavy atom. The molecule has 1 saturated heterocycles. The Morgan fingerprint density at radius 1 is 1.07 bits per heavy atom. The number of hydrogen-bond acceptors (Lipinski definition) is 4. The molecule has 7 heteroatoms. The van der Waals surface area contributed by atoms with Crippen molar-refractivity contribution in [3.8, 4) is 5.69 Å². The largest absolute Gasteiger partial charge is 0.335 e. The molecule has 27 heavy (non-hydrogen) atoms. The number of piperazine rings is 1. The van der Waals surface area contributed by atoms with Crippen LogP contribution in [0.5, 0.6) is 0 Å². The van der Waals surface area contributed by atoms with Crippen LogP contribution in [0, 0.1) is 0 Å². The first-order valence-electron chi connectivity index (χ1n) is 9.01. The van der Waals surface area contributed by atoms with Gasteiger partial charge >= 0.3 is 0 Å². The molecule has 0 bridgehead atoms. The lowest BCUT2D eigenvalue weighted by molar-refractivity contribution is 0.0647. The average Bonchev–Trinajstić information content (AvgIpc) is 3.04. The fraction of sp³-hybridized carbons (Fsp3) is 0.300. The number of amides is 1. The van der Waals surface area contributed by atoms with Crippen molar-refractivity contribution >= 4 is 43.4 Å². The van der Waals surface area contributed by atoms with E-state index in [1.54, 1.807) is 16.7 Å². The second kappa shape index (κ2) is 7.58. The molecule has 1 amide bonds. The monoisotopic (exact) mass is 445 g/mol. The second-order valence-electron chi connectivity index (χ2n) is 6.53. The number of aromatic nitrogens is 1. The van der Waals surface area contributed by atoms with Gasteiger partial charge in [0, 0.05) is 37.6 Å². The van der Waals surface area contributed by atoms with Crippen LogP contribution in [0.25, 0.3) is 15.9 Å². The molecule has 0 spiro atoms. The van der Waals surface area contributed by atoms with Gasteiger partial charge in [-0.15, -0.1) is 11.3 Å². The van der Waals surface area contributed by atoms with Crippen molar-refractivity contribution in [3.63, 3.8) is 0 Å². The Morgan fingerprint density at radius 3 is 2.44 bits per heavy atom. The van der Waals surface area contributed by atoms with Crippen molar-refractivity contribution in [1.29, 1.82) is 0 Å². The number of rotatable bonds is 3. The topological polar surface area (TPSA) is 45.6 Å². The van der Waals surface area contributed by atoms with Crippen molar-refractivity contribution in [2.75, 3.05) is 32.7 Å². The summed E-state index contributed by atoms with van der Waals surface area (Å²) >= 11 is 4.99. The molecular weight excluding hydrogens is 426 g/mol. The number of thiophene rings is 1. The molecule has 0 aliphatic carbocycles. The van der Waals surface area contributed by atoms with E-state index < -0.39 is 0 Å². The number of hydrogen-bond donors (Lipinski definition) is 0. The van der Waals surface area contributed by atoms with Gasteiger partial charge in [-0.1, -0.05) is 25.1 Å². The van der Waals surface area contributed by atoms with Crippen LogP contribution in [0.4, 0.5) is 0 Å². The lowest BCUT2D eigenvalue weighted by Gasteiger charge is -2.33. The molecule has 140 valence electrons. The van der Waals surface area contributed by atoms with Crippen LogP contribution in [-0.2, 0) is 0 Å². The molecule has 1 aliphatic rings. The third kappa shape index (κ3) is 3.35. The number of nitrogens with zero attached hydrogens (tertiary/aromatic N) is 3. The normalized spacial score (nSPS) is 15.4. The van der Waals surface area contributed by atoms with E-state index in [-0.39, 0.29) is 11.5 Å². The minimum atomic E-state index is -0.0991. The summed E-state index contributed by atoms with van der Waals surface area (Å²) in [5.41, 5.74) is 0.704. The van der Waals surface area contributed by atoms with Crippen LogP contribution in [-0.4, -0.2) is 53.0 Å². The Kier molecular flexibility index (Phi) is 5.16. The summed E-state index contributed by atoms with van der Waals surface area (Å²) in [4.78, 5) is 31.4. The summed E-state index contributed by atoms with van der Waals surface area (Å²) < 4.78 is 2.45. The molecule has 5 nitrogen and oxygen atoms in total. The molecule has 0 saturated carbocycles. The fourth-order valence-corrected chi connectivity index (χ4v) is 5.46. The molecule has 0 atom stereocenters. The SMILES string of the molecule is CCN1CCN(C(=O)c2sc3c(ccc(=O)n3-c3ccccc3)c2Br)CC1. The first kappa shape index (κ1) is 18.4. The maximum atomic E-state index is 13.1. The van der Waals surface area contributed by atoms with Crippen molar-refractivity contribution in [3.05, 3.63) is 62.2 Å².